The van der Waals surface area contributed by atoms with Gasteiger partial charge in [-0.2, -0.15) is 11.8 Å². The number of carbonyl (C=O) groups is 1. The minimum Gasteiger partial charge on any atom is -0.337 e. The Hall–Kier alpha value is -1.23. The van der Waals surface area contributed by atoms with E-state index in [0.717, 1.165) is 24.6 Å². The van der Waals surface area contributed by atoms with E-state index in [4.69, 9.17) is 0 Å². The Kier molecular flexibility index (Phi) is 3.11. The molecule has 2 rings (SSSR count). The summed E-state index contributed by atoms with van der Waals surface area (Å²) in [5.74, 6) is 2.00. The van der Waals surface area contributed by atoms with Crippen LogP contribution in [0.2, 0.25) is 0 Å². The molecule has 1 aliphatic rings. The summed E-state index contributed by atoms with van der Waals surface area (Å²) in [4.78, 5) is 27.1. The van der Waals surface area contributed by atoms with Crippen LogP contribution >= 0.6 is 11.8 Å². The molecule has 0 spiro atoms. The third-order valence-electron chi connectivity index (χ3n) is 2.33. The lowest BCUT2D eigenvalue weighted by Gasteiger charge is -2.26. The molecule has 5 heteroatoms. The molecule has 0 radical (unpaired) electrons. The van der Waals surface area contributed by atoms with E-state index in [2.05, 4.69) is 4.98 Å². The van der Waals surface area contributed by atoms with Crippen LogP contribution in [0.4, 0.5) is 0 Å². The number of hydrogen-bond donors (Lipinski definition) is 1. The highest BCUT2D eigenvalue weighted by atomic mass is 32.2. The van der Waals surface area contributed by atoms with Gasteiger partial charge >= 0.3 is 0 Å². The van der Waals surface area contributed by atoms with Gasteiger partial charge in [0.2, 0.25) is 5.56 Å². The molecule has 1 aromatic rings. The van der Waals surface area contributed by atoms with Gasteiger partial charge in [-0.1, -0.05) is 0 Å². The highest BCUT2D eigenvalue weighted by Crippen LogP contribution is 2.11. The van der Waals surface area contributed by atoms with Gasteiger partial charge in [0.15, 0.2) is 0 Å². The zero-order valence-electron chi connectivity index (χ0n) is 8.23. The van der Waals surface area contributed by atoms with E-state index in [-0.39, 0.29) is 11.5 Å². The fourth-order valence-corrected chi connectivity index (χ4v) is 2.40. The number of aromatic amines is 1. The van der Waals surface area contributed by atoms with E-state index >= 15 is 0 Å². The van der Waals surface area contributed by atoms with Gasteiger partial charge in [0.1, 0.15) is 0 Å². The quantitative estimate of drug-likeness (QED) is 0.758. The largest absolute Gasteiger partial charge is 0.337 e. The molecule has 1 aliphatic heterocycles. The van der Waals surface area contributed by atoms with E-state index in [0.29, 0.717) is 5.56 Å². The molecular formula is C10H12N2O2S. The van der Waals surface area contributed by atoms with Crippen molar-refractivity contribution in [1.82, 2.24) is 9.88 Å². The Labute approximate surface area is 91.7 Å². The Balaban J connectivity index is 2.12. The number of amides is 1. The molecule has 15 heavy (non-hydrogen) atoms. The third-order valence-corrected chi connectivity index (χ3v) is 3.27. The second-order valence-corrected chi connectivity index (χ2v) is 4.57. The third kappa shape index (κ3) is 2.41. The molecule has 2 heterocycles. The van der Waals surface area contributed by atoms with Gasteiger partial charge in [0.25, 0.3) is 5.91 Å². The van der Waals surface area contributed by atoms with Crippen molar-refractivity contribution in [2.45, 2.75) is 0 Å². The van der Waals surface area contributed by atoms with Gasteiger partial charge in [-0.05, 0) is 6.07 Å². The highest BCUT2D eigenvalue weighted by Gasteiger charge is 2.17. The molecule has 80 valence electrons. The summed E-state index contributed by atoms with van der Waals surface area (Å²) in [7, 11) is 0. The molecule has 0 saturated carbocycles. The lowest BCUT2D eigenvalue weighted by molar-refractivity contribution is 0.0772. The number of aromatic nitrogens is 1. The second-order valence-electron chi connectivity index (χ2n) is 3.35. The molecule has 0 unspecified atom stereocenters. The summed E-state index contributed by atoms with van der Waals surface area (Å²) in [6.07, 6.45) is 1.48. The average molecular weight is 224 g/mol. The molecule has 1 saturated heterocycles. The van der Waals surface area contributed by atoms with Gasteiger partial charge in [0.05, 0.1) is 5.56 Å². The molecule has 4 nitrogen and oxygen atoms in total. The van der Waals surface area contributed by atoms with Crippen molar-refractivity contribution < 1.29 is 4.79 Å². The maximum absolute atomic E-state index is 11.9. The molecule has 0 atom stereocenters. The van der Waals surface area contributed by atoms with Crippen molar-refractivity contribution in [1.29, 1.82) is 0 Å². The maximum atomic E-state index is 11.9. The number of hydrogen-bond acceptors (Lipinski definition) is 3. The monoisotopic (exact) mass is 224 g/mol. The normalized spacial score (nSPS) is 16.4. The first-order valence-electron chi connectivity index (χ1n) is 4.83. The number of pyridine rings is 1. The van der Waals surface area contributed by atoms with Crippen molar-refractivity contribution in [3.8, 4) is 0 Å². The minimum atomic E-state index is -0.180. The van der Waals surface area contributed by atoms with Crippen molar-refractivity contribution in [3.05, 3.63) is 34.2 Å². The van der Waals surface area contributed by atoms with Crippen LogP contribution in [0, 0.1) is 0 Å². The first kappa shape index (κ1) is 10.3. The topological polar surface area (TPSA) is 53.2 Å². The maximum Gasteiger partial charge on any atom is 0.255 e. The first-order chi connectivity index (χ1) is 7.27. The van der Waals surface area contributed by atoms with Crippen molar-refractivity contribution in [3.63, 3.8) is 0 Å². The van der Waals surface area contributed by atoms with E-state index < -0.39 is 0 Å². The van der Waals surface area contributed by atoms with Crippen LogP contribution in [0.1, 0.15) is 10.4 Å². The highest BCUT2D eigenvalue weighted by molar-refractivity contribution is 7.99. The molecule has 0 bridgehead atoms. The summed E-state index contributed by atoms with van der Waals surface area (Å²) >= 11 is 1.86. The molecule has 1 fully saturated rings. The number of carbonyl (C=O) groups excluding carboxylic acids is 1. The molecule has 1 aromatic heterocycles. The smallest absolute Gasteiger partial charge is 0.255 e. The first-order valence-corrected chi connectivity index (χ1v) is 5.98. The summed E-state index contributed by atoms with van der Waals surface area (Å²) in [6, 6.07) is 2.95. The van der Waals surface area contributed by atoms with Crippen LogP contribution in [0.5, 0.6) is 0 Å². The number of H-pyrrole nitrogens is 1. The molecule has 1 amide bonds. The summed E-state index contributed by atoms with van der Waals surface area (Å²) in [6.45, 7) is 1.59. The average Bonchev–Trinajstić information content (AvgIpc) is 2.30. The molecule has 0 aromatic carbocycles. The number of thioether (sulfide) groups is 1. The van der Waals surface area contributed by atoms with Crippen LogP contribution in [-0.2, 0) is 0 Å². The number of nitrogens with one attached hydrogen (secondary N) is 1. The lowest BCUT2D eigenvalue weighted by Crippen LogP contribution is -2.38. The fraction of sp³-hybridized carbons (Fsp3) is 0.400. The van der Waals surface area contributed by atoms with Gasteiger partial charge in [0, 0.05) is 36.9 Å². The van der Waals surface area contributed by atoms with E-state index in [1.807, 2.05) is 16.7 Å². The van der Waals surface area contributed by atoms with Gasteiger partial charge in [-0.3, -0.25) is 9.59 Å². The number of nitrogens with zero attached hydrogens (tertiary/aromatic N) is 1. The zero-order chi connectivity index (χ0) is 10.7. The Morgan fingerprint density at radius 2 is 2.07 bits per heavy atom. The van der Waals surface area contributed by atoms with Crippen LogP contribution < -0.4 is 5.56 Å². The molecular weight excluding hydrogens is 212 g/mol. The number of rotatable bonds is 1. The van der Waals surface area contributed by atoms with Crippen molar-refractivity contribution in [2.24, 2.45) is 0 Å². The fourth-order valence-electron chi connectivity index (χ4n) is 1.49. The van der Waals surface area contributed by atoms with Gasteiger partial charge in [-0.15, -0.1) is 0 Å². The van der Waals surface area contributed by atoms with Crippen molar-refractivity contribution >= 4 is 17.7 Å². The Bertz CT molecular complexity index is 390. The standard InChI is InChI=1S/C10H12N2O2S/c13-9-2-1-8(7-11-9)10(14)12-3-5-15-6-4-12/h1-2,7H,3-6H2,(H,11,13). The van der Waals surface area contributed by atoms with Crippen molar-refractivity contribution in [2.75, 3.05) is 24.6 Å². The van der Waals surface area contributed by atoms with Crippen LogP contribution in [0.3, 0.4) is 0 Å². The lowest BCUT2D eigenvalue weighted by atomic mass is 10.2. The Morgan fingerprint density at radius 3 is 2.67 bits per heavy atom. The van der Waals surface area contributed by atoms with E-state index in [1.54, 1.807) is 6.07 Å². The predicted octanol–water partition coefficient (Wildman–Crippen LogP) is 0.564. The zero-order valence-corrected chi connectivity index (χ0v) is 9.05. The van der Waals surface area contributed by atoms with Crippen LogP contribution in [0.25, 0.3) is 0 Å². The van der Waals surface area contributed by atoms with E-state index in [9.17, 15) is 9.59 Å². The SMILES string of the molecule is O=C(c1ccc(=O)[nH]c1)N1CCSCC1. The van der Waals surface area contributed by atoms with Gasteiger partial charge in [-0.25, -0.2) is 0 Å². The summed E-state index contributed by atoms with van der Waals surface area (Å²) in [5, 5.41) is 0. The van der Waals surface area contributed by atoms with E-state index in [1.165, 1.54) is 12.3 Å². The van der Waals surface area contributed by atoms with Crippen LogP contribution in [-0.4, -0.2) is 40.4 Å². The second kappa shape index (κ2) is 4.53. The molecule has 1 N–H and O–H groups in total. The summed E-state index contributed by atoms with van der Waals surface area (Å²) in [5.41, 5.74) is 0.377. The Morgan fingerprint density at radius 1 is 1.33 bits per heavy atom. The predicted molar refractivity (Wildman–Crippen MR) is 60.3 cm³/mol. The van der Waals surface area contributed by atoms with Gasteiger partial charge < -0.3 is 9.88 Å². The molecule has 0 aliphatic carbocycles. The minimum absolute atomic E-state index is 0.00606. The summed E-state index contributed by atoms with van der Waals surface area (Å²) < 4.78 is 0. The van der Waals surface area contributed by atoms with Crippen LogP contribution in [0.15, 0.2) is 23.1 Å².